The number of benzene rings is 1. The third-order valence-corrected chi connectivity index (χ3v) is 4.42. The lowest BCUT2D eigenvalue weighted by molar-refractivity contribution is 0.579. The molecule has 0 fully saturated rings. The predicted molar refractivity (Wildman–Crippen MR) is 78.7 cm³/mol. The summed E-state index contributed by atoms with van der Waals surface area (Å²) in [6, 6.07) is 12.5. The maximum atomic E-state index is 5.98. The highest BCUT2D eigenvalue weighted by molar-refractivity contribution is 9.11. The van der Waals surface area contributed by atoms with Crippen molar-refractivity contribution in [3.05, 3.63) is 55.6 Å². The highest BCUT2D eigenvalue weighted by Gasteiger charge is 2.06. The van der Waals surface area contributed by atoms with E-state index in [1.807, 2.05) is 18.2 Å². The largest absolute Gasteiger partial charge is 0.305 e. The summed E-state index contributed by atoms with van der Waals surface area (Å²) in [6.07, 6.45) is 0. The maximum Gasteiger partial charge on any atom is 0.0701 e. The van der Waals surface area contributed by atoms with Gasteiger partial charge in [-0.2, -0.15) is 0 Å². The number of nitrogens with one attached hydrogen (secondary N) is 1. The first-order valence-corrected chi connectivity index (χ1v) is 7.37. The van der Waals surface area contributed by atoms with Gasteiger partial charge in [0, 0.05) is 22.5 Å². The van der Waals surface area contributed by atoms with Crippen LogP contribution in [0.5, 0.6) is 0 Å². The van der Waals surface area contributed by atoms with E-state index in [1.54, 1.807) is 11.3 Å². The van der Waals surface area contributed by atoms with Crippen molar-refractivity contribution in [2.75, 3.05) is 0 Å². The minimum absolute atomic E-state index is 0.301. The fraction of sp³-hybridized carbons (Fsp3) is 0.231. The summed E-state index contributed by atoms with van der Waals surface area (Å²) in [5, 5.41) is 4.27. The molecule has 0 unspecified atom stereocenters. The minimum Gasteiger partial charge on any atom is -0.305 e. The predicted octanol–water partition coefficient (Wildman–Crippen LogP) is 5.01. The molecule has 1 aromatic heterocycles. The lowest BCUT2D eigenvalue weighted by atomic mass is 10.1. The molecule has 2 aromatic rings. The van der Waals surface area contributed by atoms with Crippen molar-refractivity contribution in [2.45, 2.75) is 19.5 Å². The Bertz CT molecular complexity index is 498. The Kier molecular flexibility index (Phi) is 4.62. The summed E-state index contributed by atoms with van der Waals surface area (Å²) < 4.78 is 1.17. The number of hydrogen-bond donors (Lipinski definition) is 1. The molecule has 2 rings (SSSR count). The molecule has 0 radical (unpaired) electrons. The van der Waals surface area contributed by atoms with Crippen molar-refractivity contribution in [1.29, 1.82) is 0 Å². The van der Waals surface area contributed by atoms with E-state index < -0.39 is 0 Å². The van der Waals surface area contributed by atoms with E-state index in [0.29, 0.717) is 6.04 Å². The molecule has 0 spiro atoms. The van der Waals surface area contributed by atoms with Gasteiger partial charge in [0.25, 0.3) is 0 Å². The molecule has 0 aliphatic heterocycles. The van der Waals surface area contributed by atoms with E-state index in [1.165, 1.54) is 14.2 Å². The molecule has 4 heteroatoms. The molecular weight excluding hydrogens is 318 g/mol. The Hall–Kier alpha value is -0.350. The quantitative estimate of drug-likeness (QED) is 0.830. The van der Waals surface area contributed by atoms with E-state index in [-0.39, 0.29) is 0 Å². The number of rotatable bonds is 4. The van der Waals surface area contributed by atoms with Gasteiger partial charge in [-0.3, -0.25) is 0 Å². The molecule has 17 heavy (non-hydrogen) atoms. The van der Waals surface area contributed by atoms with E-state index in [4.69, 9.17) is 11.6 Å². The monoisotopic (exact) mass is 329 g/mol. The van der Waals surface area contributed by atoms with E-state index >= 15 is 0 Å². The molecule has 90 valence electrons. The Balaban J connectivity index is 1.95. The molecule has 0 aliphatic rings. The van der Waals surface area contributed by atoms with Gasteiger partial charge in [-0.15, -0.1) is 11.3 Å². The highest BCUT2D eigenvalue weighted by atomic mass is 79.9. The normalized spacial score (nSPS) is 12.6. The number of halogens is 2. The summed E-state index contributed by atoms with van der Waals surface area (Å²) in [5.41, 5.74) is 1.22. The van der Waals surface area contributed by atoms with Crippen molar-refractivity contribution in [1.82, 2.24) is 5.32 Å². The van der Waals surface area contributed by atoms with Crippen LogP contribution >= 0.6 is 38.9 Å². The van der Waals surface area contributed by atoms with E-state index in [2.05, 4.69) is 46.4 Å². The molecule has 1 aromatic carbocycles. The van der Waals surface area contributed by atoms with Gasteiger partial charge in [-0.05, 0) is 52.7 Å². The van der Waals surface area contributed by atoms with Gasteiger partial charge < -0.3 is 5.32 Å². The van der Waals surface area contributed by atoms with Crippen LogP contribution in [0.15, 0.2) is 40.2 Å². The molecule has 0 amide bonds. The van der Waals surface area contributed by atoms with Crippen LogP contribution in [0.1, 0.15) is 23.4 Å². The topological polar surface area (TPSA) is 12.0 Å². The summed E-state index contributed by atoms with van der Waals surface area (Å²) >= 11 is 11.2. The average molecular weight is 331 g/mol. The van der Waals surface area contributed by atoms with Crippen molar-refractivity contribution < 1.29 is 0 Å². The first kappa shape index (κ1) is 13.1. The molecule has 0 bridgehead atoms. The second-order valence-corrected chi connectivity index (χ2v) is 6.85. The fourth-order valence-electron chi connectivity index (χ4n) is 1.59. The third-order valence-electron chi connectivity index (χ3n) is 2.56. The van der Waals surface area contributed by atoms with Crippen molar-refractivity contribution in [3.63, 3.8) is 0 Å². The molecule has 1 nitrogen and oxygen atoms in total. The van der Waals surface area contributed by atoms with Crippen molar-refractivity contribution in [3.8, 4) is 0 Å². The van der Waals surface area contributed by atoms with Crippen LogP contribution in [0.25, 0.3) is 0 Å². The minimum atomic E-state index is 0.301. The summed E-state index contributed by atoms with van der Waals surface area (Å²) in [5.74, 6) is 0. The molecule has 0 saturated heterocycles. The summed E-state index contributed by atoms with van der Waals surface area (Å²) in [6.45, 7) is 3.03. The lowest BCUT2D eigenvalue weighted by Gasteiger charge is -2.13. The summed E-state index contributed by atoms with van der Waals surface area (Å²) in [4.78, 5) is 1.32. The van der Waals surface area contributed by atoms with Gasteiger partial charge in [0.05, 0.1) is 3.79 Å². The average Bonchev–Trinajstić information content (AvgIpc) is 2.72. The zero-order valence-corrected chi connectivity index (χ0v) is 12.6. The van der Waals surface area contributed by atoms with Gasteiger partial charge in [0.15, 0.2) is 0 Å². The lowest BCUT2D eigenvalue weighted by Crippen LogP contribution is -2.17. The standard InChI is InChI=1S/C13H13BrClNS/c1-9(10-3-2-4-11(15)7-10)16-8-12-5-6-13(14)17-12/h2-7,9,16H,8H2,1H3/t9-/m0/s1. The second-order valence-electron chi connectivity index (χ2n) is 3.86. The highest BCUT2D eigenvalue weighted by Crippen LogP contribution is 2.23. The fourth-order valence-corrected chi connectivity index (χ4v) is 3.23. The third kappa shape index (κ3) is 3.81. The Morgan fingerprint density at radius 2 is 2.18 bits per heavy atom. The maximum absolute atomic E-state index is 5.98. The molecule has 0 aliphatic carbocycles. The number of thiophene rings is 1. The van der Waals surface area contributed by atoms with Crippen LogP contribution in [0.4, 0.5) is 0 Å². The molecular formula is C13H13BrClNS. The summed E-state index contributed by atoms with van der Waals surface area (Å²) in [7, 11) is 0. The van der Waals surface area contributed by atoms with Crippen LogP contribution < -0.4 is 5.32 Å². The van der Waals surface area contributed by atoms with Crippen molar-refractivity contribution in [2.24, 2.45) is 0 Å². The van der Waals surface area contributed by atoms with Gasteiger partial charge in [-0.25, -0.2) is 0 Å². The zero-order chi connectivity index (χ0) is 12.3. The molecule has 0 saturated carbocycles. The van der Waals surface area contributed by atoms with Crippen LogP contribution in [-0.4, -0.2) is 0 Å². The van der Waals surface area contributed by atoms with Crippen LogP contribution in [0.2, 0.25) is 5.02 Å². The zero-order valence-electron chi connectivity index (χ0n) is 9.41. The van der Waals surface area contributed by atoms with Crippen LogP contribution in [-0.2, 0) is 6.54 Å². The second kappa shape index (κ2) is 6.01. The number of hydrogen-bond acceptors (Lipinski definition) is 2. The molecule has 1 heterocycles. The first-order valence-electron chi connectivity index (χ1n) is 5.38. The SMILES string of the molecule is C[C@H](NCc1ccc(Br)s1)c1cccc(Cl)c1. The van der Waals surface area contributed by atoms with Crippen LogP contribution in [0.3, 0.4) is 0 Å². The Morgan fingerprint density at radius 3 is 2.82 bits per heavy atom. The van der Waals surface area contributed by atoms with E-state index in [0.717, 1.165) is 11.6 Å². The van der Waals surface area contributed by atoms with E-state index in [9.17, 15) is 0 Å². The Morgan fingerprint density at radius 1 is 1.35 bits per heavy atom. The first-order chi connectivity index (χ1) is 8.15. The molecule has 1 atom stereocenters. The smallest absolute Gasteiger partial charge is 0.0701 e. The van der Waals surface area contributed by atoms with Gasteiger partial charge in [-0.1, -0.05) is 23.7 Å². The Labute approximate surface area is 119 Å². The van der Waals surface area contributed by atoms with Gasteiger partial charge in [0.1, 0.15) is 0 Å². The van der Waals surface area contributed by atoms with Gasteiger partial charge in [0.2, 0.25) is 0 Å². The van der Waals surface area contributed by atoms with Crippen LogP contribution in [0, 0.1) is 0 Å². The van der Waals surface area contributed by atoms with Gasteiger partial charge >= 0.3 is 0 Å². The van der Waals surface area contributed by atoms with Crippen molar-refractivity contribution >= 4 is 38.9 Å². The molecule has 1 N–H and O–H groups in total.